The summed E-state index contributed by atoms with van der Waals surface area (Å²) in [6, 6.07) is 12.1. The Bertz CT molecular complexity index is 951. The Morgan fingerprint density at radius 3 is 2.68 bits per heavy atom. The van der Waals surface area contributed by atoms with E-state index in [-0.39, 0.29) is 11.8 Å². The van der Waals surface area contributed by atoms with Gasteiger partial charge < -0.3 is 10.2 Å². The maximum absolute atomic E-state index is 12.8. The van der Waals surface area contributed by atoms with Gasteiger partial charge >= 0.3 is 0 Å². The molecule has 1 aromatic carbocycles. The first kappa shape index (κ1) is 18.4. The normalized spacial score (nSPS) is 19.0. The molecule has 0 aliphatic carbocycles. The standard InChI is InChI=1S/C21H22N4O2S/c1-22-20(27)21(8-10-25(14-21)19(26)18-6-9-23-24-18)12-15-2-4-16(5-3-15)17-7-11-28-13-17/h2-7,9,11,13H,8,10,12,14H2,1H3,(H,22,27)(H,23,24). The van der Waals surface area contributed by atoms with Crippen LogP contribution < -0.4 is 5.32 Å². The number of likely N-dealkylation sites (tertiary alicyclic amines) is 1. The smallest absolute Gasteiger partial charge is 0.271 e. The minimum atomic E-state index is -0.617. The summed E-state index contributed by atoms with van der Waals surface area (Å²) in [6.45, 7) is 0.953. The first-order chi connectivity index (χ1) is 13.6. The molecule has 1 saturated heterocycles. The molecule has 0 bridgehead atoms. The molecule has 1 aliphatic heterocycles. The van der Waals surface area contributed by atoms with Crippen LogP contribution in [0.2, 0.25) is 0 Å². The third-order valence-corrected chi connectivity index (χ3v) is 6.12. The molecule has 7 heteroatoms. The van der Waals surface area contributed by atoms with Crippen LogP contribution in [0.4, 0.5) is 0 Å². The number of rotatable bonds is 5. The van der Waals surface area contributed by atoms with Crippen molar-refractivity contribution >= 4 is 23.2 Å². The predicted octanol–water partition coefficient (Wildman–Crippen LogP) is 2.96. The van der Waals surface area contributed by atoms with Gasteiger partial charge in [-0.2, -0.15) is 16.4 Å². The lowest BCUT2D eigenvalue weighted by Crippen LogP contribution is -2.44. The summed E-state index contributed by atoms with van der Waals surface area (Å²) in [5, 5.41) is 13.5. The van der Waals surface area contributed by atoms with Crippen LogP contribution in [-0.2, 0) is 11.2 Å². The highest BCUT2D eigenvalue weighted by Gasteiger charge is 2.45. The van der Waals surface area contributed by atoms with E-state index < -0.39 is 5.41 Å². The van der Waals surface area contributed by atoms with Crippen LogP contribution in [0.1, 0.15) is 22.5 Å². The minimum Gasteiger partial charge on any atom is -0.359 e. The van der Waals surface area contributed by atoms with E-state index in [9.17, 15) is 9.59 Å². The molecular weight excluding hydrogens is 372 g/mol. The molecule has 2 amide bonds. The van der Waals surface area contributed by atoms with Crippen LogP contribution in [0.25, 0.3) is 11.1 Å². The highest BCUT2D eigenvalue weighted by Crippen LogP contribution is 2.36. The van der Waals surface area contributed by atoms with E-state index in [1.54, 1.807) is 35.5 Å². The van der Waals surface area contributed by atoms with Crippen LogP contribution in [0.5, 0.6) is 0 Å². The lowest BCUT2D eigenvalue weighted by atomic mass is 9.79. The molecule has 1 aliphatic rings. The second kappa shape index (κ2) is 7.59. The highest BCUT2D eigenvalue weighted by atomic mass is 32.1. The molecule has 1 atom stereocenters. The molecular formula is C21H22N4O2S. The van der Waals surface area contributed by atoms with Gasteiger partial charge in [-0.15, -0.1) is 0 Å². The van der Waals surface area contributed by atoms with Gasteiger partial charge in [0.1, 0.15) is 5.69 Å². The van der Waals surface area contributed by atoms with Crippen molar-refractivity contribution in [2.45, 2.75) is 12.8 Å². The van der Waals surface area contributed by atoms with Crippen LogP contribution >= 0.6 is 11.3 Å². The van der Waals surface area contributed by atoms with Crippen LogP contribution in [0, 0.1) is 5.41 Å². The van der Waals surface area contributed by atoms with Gasteiger partial charge in [0.15, 0.2) is 0 Å². The first-order valence-electron chi connectivity index (χ1n) is 9.24. The molecule has 1 fully saturated rings. The van der Waals surface area contributed by atoms with Crippen molar-refractivity contribution in [3.8, 4) is 11.1 Å². The fourth-order valence-corrected chi connectivity index (χ4v) is 4.57. The number of H-pyrrole nitrogens is 1. The van der Waals surface area contributed by atoms with E-state index in [0.717, 1.165) is 5.56 Å². The van der Waals surface area contributed by atoms with Crippen LogP contribution in [0.15, 0.2) is 53.4 Å². The van der Waals surface area contributed by atoms with Gasteiger partial charge in [-0.1, -0.05) is 24.3 Å². The number of nitrogens with zero attached hydrogens (tertiary/aromatic N) is 2. The summed E-state index contributed by atoms with van der Waals surface area (Å²) < 4.78 is 0. The van der Waals surface area contributed by atoms with Gasteiger partial charge in [0.2, 0.25) is 5.91 Å². The van der Waals surface area contributed by atoms with Crippen molar-refractivity contribution in [1.82, 2.24) is 20.4 Å². The zero-order chi connectivity index (χ0) is 19.6. The molecule has 144 valence electrons. The molecule has 1 unspecified atom stereocenters. The number of carbonyl (C=O) groups excluding carboxylic acids is 2. The van der Waals surface area contributed by atoms with Gasteiger partial charge in [0.05, 0.1) is 5.41 Å². The zero-order valence-corrected chi connectivity index (χ0v) is 16.5. The molecule has 2 aromatic heterocycles. The molecule has 0 radical (unpaired) electrons. The van der Waals surface area contributed by atoms with Gasteiger partial charge in [-0.3, -0.25) is 14.7 Å². The summed E-state index contributed by atoms with van der Waals surface area (Å²) >= 11 is 1.68. The Labute approximate surface area is 167 Å². The van der Waals surface area contributed by atoms with E-state index in [1.165, 1.54) is 11.1 Å². The maximum atomic E-state index is 12.8. The summed E-state index contributed by atoms with van der Waals surface area (Å²) in [5.41, 5.74) is 3.30. The van der Waals surface area contributed by atoms with Gasteiger partial charge in [0.25, 0.3) is 5.91 Å². The molecule has 6 nitrogen and oxygen atoms in total. The fourth-order valence-electron chi connectivity index (χ4n) is 3.90. The van der Waals surface area contributed by atoms with Crippen molar-refractivity contribution in [3.05, 3.63) is 64.6 Å². The lowest BCUT2D eigenvalue weighted by Gasteiger charge is -2.27. The number of nitrogens with one attached hydrogen (secondary N) is 2. The number of aromatic amines is 1. The molecule has 0 saturated carbocycles. The maximum Gasteiger partial charge on any atom is 0.271 e. The van der Waals surface area contributed by atoms with E-state index in [2.05, 4.69) is 56.6 Å². The largest absolute Gasteiger partial charge is 0.359 e. The molecule has 3 heterocycles. The fraction of sp³-hybridized carbons (Fsp3) is 0.286. The number of aromatic nitrogens is 2. The van der Waals surface area contributed by atoms with Crippen molar-refractivity contribution < 1.29 is 9.59 Å². The summed E-state index contributed by atoms with van der Waals surface area (Å²) in [6.07, 6.45) is 2.80. The number of carbonyl (C=O) groups is 2. The zero-order valence-electron chi connectivity index (χ0n) is 15.6. The Kier molecular flexibility index (Phi) is 5.00. The predicted molar refractivity (Wildman–Crippen MR) is 109 cm³/mol. The topological polar surface area (TPSA) is 78.1 Å². The number of thiophene rings is 1. The Morgan fingerprint density at radius 2 is 2.04 bits per heavy atom. The van der Waals surface area contributed by atoms with Gasteiger partial charge in [0, 0.05) is 26.3 Å². The molecule has 0 spiro atoms. The Morgan fingerprint density at radius 1 is 1.21 bits per heavy atom. The second-order valence-electron chi connectivity index (χ2n) is 7.19. The minimum absolute atomic E-state index is 0.0191. The highest BCUT2D eigenvalue weighted by molar-refractivity contribution is 7.08. The average Bonchev–Trinajstić information content (AvgIpc) is 3.49. The van der Waals surface area contributed by atoms with E-state index >= 15 is 0 Å². The average molecular weight is 395 g/mol. The van der Waals surface area contributed by atoms with Gasteiger partial charge in [-0.25, -0.2) is 0 Å². The summed E-state index contributed by atoms with van der Waals surface area (Å²) in [7, 11) is 1.66. The molecule has 28 heavy (non-hydrogen) atoms. The molecule has 2 N–H and O–H groups in total. The Hall–Kier alpha value is -2.93. The van der Waals surface area contributed by atoms with Crippen molar-refractivity contribution in [2.75, 3.05) is 20.1 Å². The third kappa shape index (κ3) is 3.45. The monoisotopic (exact) mass is 394 g/mol. The lowest BCUT2D eigenvalue weighted by molar-refractivity contribution is -0.129. The quantitative estimate of drug-likeness (QED) is 0.698. The van der Waals surface area contributed by atoms with Crippen LogP contribution in [0.3, 0.4) is 0 Å². The van der Waals surface area contributed by atoms with Gasteiger partial charge in [-0.05, 0) is 52.4 Å². The van der Waals surface area contributed by atoms with Crippen molar-refractivity contribution in [1.29, 1.82) is 0 Å². The number of hydrogen-bond acceptors (Lipinski definition) is 4. The molecule has 3 aromatic rings. The summed E-state index contributed by atoms with van der Waals surface area (Å²) in [4.78, 5) is 27.2. The van der Waals surface area contributed by atoms with E-state index in [0.29, 0.717) is 31.6 Å². The van der Waals surface area contributed by atoms with Crippen molar-refractivity contribution in [2.24, 2.45) is 5.41 Å². The van der Waals surface area contributed by atoms with Crippen molar-refractivity contribution in [3.63, 3.8) is 0 Å². The summed E-state index contributed by atoms with van der Waals surface area (Å²) in [5.74, 6) is -0.134. The second-order valence-corrected chi connectivity index (χ2v) is 7.97. The molecule has 4 rings (SSSR count). The number of benzene rings is 1. The number of hydrogen-bond donors (Lipinski definition) is 2. The number of amides is 2. The van der Waals surface area contributed by atoms with E-state index in [4.69, 9.17) is 0 Å². The Balaban J connectivity index is 1.54. The van der Waals surface area contributed by atoms with Crippen LogP contribution in [-0.4, -0.2) is 47.0 Å². The first-order valence-corrected chi connectivity index (χ1v) is 10.2. The third-order valence-electron chi connectivity index (χ3n) is 5.43. The van der Waals surface area contributed by atoms with E-state index in [1.807, 2.05) is 0 Å². The SMILES string of the molecule is CNC(=O)C1(Cc2ccc(-c3ccsc3)cc2)CCN(C(=O)c2ccn[nH]2)C1.